The van der Waals surface area contributed by atoms with E-state index in [4.69, 9.17) is 9.47 Å². The molecule has 0 spiro atoms. The number of piperidine rings is 1. The molecule has 0 aromatic heterocycles. The van der Waals surface area contributed by atoms with Gasteiger partial charge in [-0.25, -0.2) is 0 Å². The molecule has 34 heavy (non-hydrogen) atoms. The standard InChI is InChI=1S/C29H34N2O3/c1-3-22-5-4-6-26(17-22)29(32)30-28-11-13-31(14-12-28)20-23-7-9-25-10-8-24(19-27(25)18-23)21-34-16-15-33-2/h3-10,17-19,28H,1,11-16,20-21H2,2H3,(H,30,32). The summed E-state index contributed by atoms with van der Waals surface area (Å²) in [5.74, 6) is -0.00122. The molecule has 3 aromatic rings. The van der Waals surface area contributed by atoms with Crippen LogP contribution in [0.15, 0.2) is 67.2 Å². The lowest BCUT2D eigenvalue weighted by molar-refractivity contribution is 0.0617. The lowest BCUT2D eigenvalue weighted by Crippen LogP contribution is -2.44. The van der Waals surface area contributed by atoms with Crippen molar-refractivity contribution in [2.24, 2.45) is 0 Å². The summed E-state index contributed by atoms with van der Waals surface area (Å²) in [5.41, 5.74) is 4.15. The third-order valence-electron chi connectivity index (χ3n) is 6.38. The second kappa shape index (κ2) is 11.9. The van der Waals surface area contributed by atoms with Crippen LogP contribution in [0.25, 0.3) is 16.8 Å². The molecule has 0 aliphatic carbocycles. The average molecular weight is 459 g/mol. The summed E-state index contributed by atoms with van der Waals surface area (Å²) in [6.07, 6.45) is 3.69. The van der Waals surface area contributed by atoms with Crippen molar-refractivity contribution < 1.29 is 14.3 Å². The van der Waals surface area contributed by atoms with Crippen LogP contribution in [0.1, 0.15) is 39.9 Å². The zero-order valence-electron chi connectivity index (χ0n) is 20.0. The van der Waals surface area contributed by atoms with Gasteiger partial charge >= 0.3 is 0 Å². The van der Waals surface area contributed by atoms with E-state index in [1.54, 1.807) is 13.2 Å². The maximum Gasteiger partial charge on any atom is 0.251 e. The van der Waals surface area contributed by atoms with Gasteiger partial charge in [0.25, 0.3) is 5.91 Å². The molecule has 1 aliphatic heterocycles. The van der Waals surface area contributed by atoms with Crippen LogP contribution in [-0.4, -0.2) is 50.3 Å². The van der Waals surface area contributed by atoms with E-state index in [1.165, 1.54) is 21.9 Å². The average Bonchev–Trinajstić information content (AvgIpc) is 2.87. The van der Waals surface area contributed by atoms with Gasteiger partial charge in [-0.05, 0) is 64.6 Å². The summed E-state index contributed by atoms with van der Waals surface area (Å²) in [7, 11) is 1.68. The highest BCUT2D eigenvalue weighted by atomic mass is 16.5. The summed E-state index contributed by atoms with van der Waals surface area (Å²) < 4.78 is 10.7. The second-order valence-corrected chi connectivity index (χ2v) is 8.91. The Morgan fingerprint density at radius 1 is 1.03 bits per heavy atom. The number of hydrogen-bond acceptors (Lipinski definition) is 4. The molecule has 5 nitrogen and oxygen atoms in total. The SMILES string of the molecule is C=Cc1cccc(C(=O)NC2CCN(Cc3ccc4ccc(COCCOC)cc4c3)CC2)c1. The maximum atomic E-state index is 12.6. The smallest absolute Gasteiger partial charge is 0.251 e. The summed E-state index contributed by atoms with van der Waals surface area (Å²) >= 11 is 0. The molecule has 1 saturated heterocycles. The first kappa shape index (κ1) is 24.1. The maximum absolute atomic E-state index is 12.6. The van der Waals surface area contributed by atoms with Crippen LogP contribution in [0.4, 0.5) is 0 Å². The number of hydrogen-bond donors (Lipinski definition) is 1. The molecule has 5 heteroatoms. The van der Waals surface area contributed by atoms with E-state index in [9.17, 15) is 4.79 Å². The molecule has 178 valence electrons. The van der Waals surface area contributed by atoms with E-state index in [1.807, 2.05) is 24.3 Å². The number of likely N-dealkylation sites (tertiary alicyclic amines) is 1. The van der Waals surface area contributed by atoms with E-state index in [0.29, 0.717) is 25.4 Å². The van der Waals surface area contributed by atoms with Crippen molar-refractivity contribution in [2.75, 3.05) is 33.4 Å². The Bertz CT molecular complexity index is 1120. The summed E-state index contributed by atoms with van der Waals surface area (Å²) in [4.78, 5) is 15.1. The summed E-state index contributed by atoms with van der Waals surface area (Å²) in [5, 5.41) is 5.69. The van der Waals surface area contributed by atoms with Crippen molar-refractivity contribution in [3.8, 4) is 0 Å². The largest absolute Gasteiger partial charge is 0.382 e. The van der Waals surface area contributed by atoms with Gasteiger partial charge in [-0.3, -0.25) is 9.69 Å². The Kier molecular flexibility index (Phi) is 8.47. The molecule has 0 radical (unpaired) electrons. The van der Waals surface area contributed by atoms with E-state index in [2.05, 4.69) is 53.2 Å². The molecule has 0 bridgehead atoms. The highest BCUT2D eigenvalue weighted by molar-refractivity contribution is 5.95. The molecule has 1 aliphatic rings. The normalized spacial score (nSPS) is 14.9. The number of fused-ring (bicyclic) bond motifs is 1. The quantitative estimate of drug-likeness (QED) is 0.433. The van der Waals surface area contributed by atoms with Crippen molar-refractivity contribution in [1.29, 1.82) is 0 Å². The van der Waals surface area contributed by atoms with Gasteiger partial charge in [0, 0.05) is 38.3 Å². The lowest BCUT2D eigenvalue weighted by Gasteiger charge is -2.32. The van der Waals surface area contributed by atoms with Crippen molar-refractivity contribution in [3.63, 3.8) is 0 Å². The fourth-order valence-corrected chi connectivity index (χ4v) is 4.44. The fraction of sp³-hybridized carbons (Fsp3) is 0.345. The molecule has 4 rings (SSSR count). The highest BCUT2D eigenvalue weighted by Gasteiger charge is 2.21. The van der Waals surface area contributed by atoms with Gasteiger partial charge in [0.2, 0.25) is 0 Å². The van der Waals surface area contributed by atoms with Gasteiger partial charge in [-0.15, -0.1) is 0 Å². The van der Waals surface area contributed by atoms with E-state index in [-0.39, 0.29) is 11.9 Å². The van der Waals surface area contributed by atoms with Gasteiger partial charge in [0.1, 0.15) is 0 Å². The van der Waals surface area contributed by atoms with Gasteiger partial charge in [0.05, 0.1) is 19.8 Å². The van der Waals surface area contributed by atoms with E-state index < -0.39 is 0 Å². The number of carbonyl (C=O) groups is 1. The number of carbonyl (C=O) groups excluding carboxylic acids is 1. The Balaban J connectivity index is 1.29. The van der Waals surface area contributed by atoms with Crippen LogP contribution in [0.3, 0.4) is 0 Å². The van der Waals surface area contributed by atoms with E-state index >= 15 is 0 Å². The third-order valence-corrected chi connectivity index (χ3v) is 6.38. The zero-order chi connectivity index (χ0) is 23.8. The van der Waals surface area contributed by atoms with Crippen LogP contribution in [0.5, 0.6) is 0 Å². The monoisotopic (exact) mass is 458 g/mol. The topological polar surface area (TPSA) is 50.8 Å². The zero-order valence-corrected chi connectivity index (χ0v) is 20.0. The number of amides is 1. The van der Waals surface area contributed by atoms with Crippen molar-refractivity contribution in [2.45, 2.75) is 32.0 Å². The molecule has 1 N–H and O–H groups in total. The first-order chi connectivity index (χ1) is 16.6. The van der Waals surface area contributed by atoms with Crippen LogP contribution in [-0.2, 0) is 22.6 Å². The third kappa shape index (κ3) is 6.54. The molecule has 1 fully saturated rings. The van der Waals surface area contributed by atoms with Gasteiger partial charge in [-0.2, -0.15) is 0 Å². The number of rotatable bonds is 10. The van der Waals surface area contributed by atoms with Crippen LogP contribution >= 0.6 is 0 Å². The predicted octanol–water partition coefficient (Wildman–Crippen LogP) is 5.04. The minimum atomic E-state index is -0.00122. The second-order valence-electron chi connectivity index (χ2n) is 8.91. The molecule has 0 saturated carbocycles. The lowest BCUT2D eigenvalue weighted by atomic mass is 10.0. The first-order valence-electron chi connectivity index (χ1n) is 12.0. The van der Waals surface area contributed by atoms with Gasteiger partial charge < -0.3 is 14.8 Å². The van der Waals surface area contributed by atoms with Crippen LogP contribution < -0.4 is 5.32 Å². The molecule has 1 heterocycles. The molecule has 1 amide bonds. The molecular weight excluding hydrogens is 424 g/mol. The van der Waals surface area contributed by atoms with Crippen molar-refractivity contribution in [3.05, 3.63) is 89.5 Å². The molecule has 0 atom stereocenters. The van der Waals surface area contributed by atoms with Crippen LogP contribution in [0.2, 0.25) is 0 Å². The number of ether oxygens (including phenoxy) is 2. The summed E-state index contributed by atoms with van der Waals surface area (Å²) in [6, 6.07) is 21.0. The predicted molar refractivity (Wildman–Crippen MR) is 138 cm³/mol. The fourth-order valence-electron chi connectivity index (χ4n) is 4.44. The Labute approximate surface area is 202 Å². The molecular formula is C29H34N2O3. The highest BCUT2D eigenvalue weighted by Crippen LogP contribution is 2.21. The number of benzene rings is 3. The number of methoxy groups -OCH3 is 1. The van der Waals surface area contributed by atoms with Crippen LogP contribution in [0, 0.1) is 0 Å². The first-order valence-corrected chi connectivity index (χ1v) is 12.0. The number of nitrogens with one attached hydrogen (secondary N) is 1. The van der Waals surface area contributed by atoms with Gasteiger partial charge in [-0.1, -0.05) is 49.1 Å². The number of nitrogens with zero attached hydrogens (tertiary/aromatic N) is 1. The molecule has 0 unspecified atom stereocenters. The Morgan fingerprint density at radius 3 is 2.56 bits per heavy atom. The van der Waals surface area contributed by atoms with Crippen molar-refractivity contribution in [1.82, 2.24) is 10.2 Å². The van der Waals surface area contributed by atoms with Crippen molar-refractivity contribution >= 4 is 22.8 Å². The summed E-state index contributed by atoms with van der Waals surface area (Å²) in [6.45, 7) is 8.47. The minimum absolute atomic E-state index is 0.00122. The Morgan fingerprint density at radius 2 is 1.79 bits per heavy atom. The van der Waals surface area contributed by atoms with Gasteiger partial charge in [0.15, 0.2) is 0 Å². The minimum Gasteiger partial charge on any atom is -0.382 e. The Hall–Kier alpha value is -2.99. The molecule has 3 aromatic carbocycles. The van der Waals surface area contributed by atoms with E-state index in [0.717, 1.165) is 38.0 Å².